The Balaban J connectivity index is 1.97. The Kier molecular flexibility index (Phi) is 3.26. The van der Waals surface area contributed by atoms with E-state index in [2.05, 4.69) is 46.4 Å². The van der Waals surface area contributed by atoms with E-state index in [1.165, 1.54) is 10.9 Å². The zero-order valence-corrected chi connectivity index (χ0v) is 10.8. The molecular formula is C15H19N3. The summed E-state index contributed by atoms with van der Waals surface area (Å²) in [6.45, 7) is 6.69. The first kappa shape index (κ1) is 11.6. The highest BCUT2D eigenvalue weighted by molar-refractivity contribution is 5.81. The molecule has 2 heterocycles. The fraction of sp³-hybridized carbons (Fsp3) is 0.400. The highest BCUT2D eigenvalue weighted by atomic mass is 15.2. The number of rotatable bonds is 2. The maximum atomic E-state index is 4.55. The molecule has 1 unspecified atom stereocenters. The van der Waals surface area contributed by atoms with Gasteiger partial charge in [0.15, 0.2) is 0 Å². The van der Waals surface area contributed by atoms with E-state index in [9.17, 15) is 0 Å². The van der Waals surface area contributed by atoms with Crippen molar-refractivity contribution in [3.8, 4) is 0 Å². The number of nitrogens with zero attached hydrogens (tertiary/aromatic N) is 2. The number of hydrogen-bond acceptors (Lipinski definition) is 3. The third-order valence-corrected chi connectivity index (χ3v) is 3.81. The molecule has 1 N–H and O–H groups in total. The Morgan fingerprint density at radius 3 is 2.78 bits per heavy atom. The maximum Gasteiger partial charge on any atom is 0.0749 e. The summed E-state index contributed by atoms with van der Waals surface area (Å²) >= 11 is 0. The van der Waals surface area contributed by atoms with Gasteiger partial charge in [-0.15, -0.1) is 0 Å². The van der Waals surface area contributed by atoms with Gasteiger partial charge in [0, 0.05) is 43.8 Å². The Labute approximate surface area is 108 Å². The molecule has 18 heavy (non-hydrogen) atoms. The van der Waals surface area contributed by atoms with Gasteiger partial charge in [-0.25, -0.2) is 0 Å². The number of aromatic nitrogens is 1. The lowest BCUT2D eigenvalue weighted by Crippen LogP contribution is -2.44. The molecule has 3 rings (SSSR count). The van der Waals surface area contributed by atoms with Gasteiger partial charge in [0.2, 0.25) is 0 Å². The highest BCUT2D eigenvalue weighted by Gasteiger charge is 2.19. The first-order valence-electron chi connectivity index (χ1n) is 6.64. The van der Waals surface area contributed by atoms with Crippen molar-refractivity contribution in [1.82, 2.24) is 15.2 Å². The molecule has 1 fully saturated rings. The fourth-order valence-corrected chi connectivity index (χ4v) is 2.73. The zero-order chi connectivity index (χ0) is 12.4. The molecule has 1 aliphatic rings. The molecule has 0 amide bonds. The van der Waals surface area contributed by atoms with Crippen molar-refractivity contribution in [2.45, 2.75) is 13.0 Å². The number of nitrogens with one attached hydrogen (secondary N) is 1. The number of para-hydroxylation sites is 1. The minimum atomic E-state index is 0.436. The molecule has 94 valence electrons. The summed E-state index contributed by atoms with van der Waals surface area (Å²) in [6, 6.07) is 11.1. The van der Waals surface area contributed by atoms with E-state index in [0.29, 0.717) is 6.04 Å². The van der Waals surface area contributed by atoms with Gasteiger partial charge >= 0.3 is 0 Å². The molecule has 0 saturated carbocycles. The van der Waals surface area contributed by atoms with E-state index in [1.807, 2.05) is 12.3 Å². The van der Waals surface area contributed by atoms with E-state index in [1.54, 1.807) is 0 Å². The lowest BCUT2D eigenvalue weighted by Gasteiger charge is -2.33. The van der Waals surface area contributed by atoms with Crippen LogP contribution in [0, 0.1) is 0 Å². The number of hydrogen-bond donors (Lipinski definition) is 1. The molecule has 3 heteroatoms. The van der Waals surface area contributed by atoms with Crippen molar-refractivity contribution in [1.29, 1.82) is 0 Å². The SMILES string of the molecule is CC(c1cccc2cccnc12)N1CCNCC1. The van der Waals surface area contributed by atoms with Gasteiger partial charge in [-0.1, -0.05) is 24.3 Å². The quantitative estimate of drug-likeness (QED) is 0.873. The molecule has 1 aliphatic heterocycles. The van der Waals surface area contributed by atoms with Gasteiger partial charge in [-0.05, 0) is 18.6 Å². The molecular weight excluding hydrogens is 222 g/mol. The number of benzene rings is 1. The summed E-state index contributed by atoms with van der Waals surface area (Å²) in [5, 5.41) is 4.63. The van der Waals surface area contributed by atoms with E-state index >= 15 is 0 Å². The van der Waals surface area contributed by atoms with Crippen LogP contribution in [0.4, 0.5) is 0 Å². The van der Waals surface area contributed by atoms with Gasteiger partial charge in [-0.2, -0.15) is 0 Å². The third kappa shape index (κ3) is 2.11. The Hall–Kier alpha value is -1.45. The Bertz CT molecular complexity index is 527. The first-order valence-corrected chi connectivity index (χ1v) is 6.64. The van der Waals surface area contributed by atoms with Crippen molar-refractivity contribution in [3.63, 3.8) is 0 Å². The van der Waals surface area contributed by atoms with Crippen LogP contribution in [0.2, 0.25) is 0 Å². The number of fused-ring (bicyclic) bond motifs is 1. The van der Waals surface area contributed by atoms with E-state index in [-0.39, 0.29) is 0 Å². The van der Waals surface area contributed by atoms with Crippen molar-refractivity contribution >= 4 is 10.9 Å². The van der Waals surface area contributed by atoms with Crippen LogP contribution in [0.1, 0.15) is 18.5 Å². The number of pyridine rings is 1. The Morgan fingerprint density at radius 2 is 1.94 bits per heavy atom. The van der Waals surface area contributed by atoms with E-state index < -0.39 is 0 Å². The van der Waals surface area contributed by atoms with Crippen LogP contribution in [0.5, 0.6) is 0 Å². The lowest BCUT2D eigenvalue weighted by atomic mass is 10.0. The van der Waals surface area contributed by atoms with Crippen molar-refractivity contribution in [2.75, 3.05) is 26.2 Å². The lowest BCUT2D eigenvalue weighted by molar-refractivity contribution is 0.186. The molecule has 1 aromatic carbocycles. The minimum Gasteiger partial charge on any atom is -0.314 e. The summed E-state index contributed by atoms with van der Waals surface area (Å²) < 4.78 is 0. The summed E-state index contributed by atoms with van der Waals surface area (Å²) in [7, 11) is 0. The van der Waals surface area contributed by atoms with Crippen LogP contribution in [0.25, 0.3) is 10.9 Å². The topological polar surface area (TPSA) is 28.2 Å². The van der Waals surface area contributed by atoms with Crippen molar-refractivity contribution < 1.29 is 0 Å². The normalized spacial score (nSPS) is 18.9. The zero-order valence-electron chi connectivity index (χ0n) is 10.8. The molecule has 3 nitrogen and oxygen atoms in total. The first-order chi connectivity index (χ1) is 8.86. The molecule has 2 aromatic rings. The van der Waals surface area contributed by atoms with Crippen LogP contribution in [-0.4, -0.2) is 36.1 Å². The second-order valence-corrected chi connectivity index (χ2v) is 4.88. The smallest absolute Gasteiger partial charge is 0.0749 e. The summed E-state index contributed by atoms with van der Waals surface area (Å²) in [5.41, 5.74) is 2.49. The molecule has 0 aliphatic carbocycles. The summed E-state index contributed by atoms with van der Waals surface area (Å²) in [4.78, 5) is 7.08. The summed E-state index contributed by atoms with van der Waals surface area (Å²) in [6.07, 6.45) is 1.89. The summed E-state index contributed by atoms with van der Waals surface area (Å²) in [5.74, 6) is 0. The Morgan fingerprint density at radius 1 is 1.17 bits per heavy atom. The van der Waals surface area contributed by atoms with Crippen LogP contribution in [-0.2, 0) is 0 Å². The monoisotopic (exact) mass is 241 g/mol. The van der Waals surface area contributed by atoms with Crippen molar-refractivity contribution in [2.24, 2.45) is 0 Å². The highest BCUT2D eigenvalue weighted by Crippen LogP contribution is 2.26. The van der Waals surface area contributed by atoms with Crippen LogP contribution in [0.15, 0.2) is 36.5 Å². The standard InChI is InChI=1S/C15H19N3/c1-12(18-10-8-16-9-11-18)14-6-2-4-13-5-3-7-17-15(13)14/h2-7,12,16H,8-11H2,1H3. The molecule has 1 aromatic heterocycles. The van der Waals surface area contributed by atoms with Crippen LogP contribution >= 0.6 is 0 Å². The van der Waals surface area contributed by atoms with E-state index in [4.69, 9.17) is 0 Å². The second kappa shape index (κ2) is 5.04. The van der Waals surface area contributed by atoms with Crippen LogP contribution in [0.3, 0.4) is 0 Å². The van der Waals surface area contributed by atoms with Crippen LogP contribution < -0.4 is 5.32 Å². The van der Waals surface area contributed by atoms with Gasteiger partial charge < -0.3 is 5.32 Å². The average Bonchev–Trinajstić information content (AvgIpc) is 2.47. The third-order valence-electron chi connectivity index (χ3n) is 3.81. The molecule has 0 radical (unpaired) electrons. The predicted molar refractivity (Wildman–Crippen MR) is 74.6 cm³/mol. The van der Waals surface area contributed by atoms with Gasteiger partial charge in [-0.3, -0.25) is 9.88 Å². The fourth-order valence-electron chi connectivity index (χ4n) is 2.73. The molecule has 1 saturated heterocycles. The predicted octanol–water partition coefficient (Wildman–Crippen LogP) is 2.20. The van der Waals surface area contributed by atoms with Gasteiger partial charge in [0.1, 0.15) is 0 Å². The minimum absolute atomic E-state index is 0.436. The largest absolute Gasteiger partial charge is 0.314 e. The second-order valence-electron chi connectivity index (χ2n) is 4.88. The number of piperazine rings is 1. The van der Waals surface area contributed by atoms with Gasteiger partial charge in [0.05, 0.1) is 5.52 Å². The molecule has 0 bridgehead atoms. The maximum absolute atomic E-state index is 4.55. The van der Waals surface area contributed by atoms with E-state index in [0.717, 1.165) is 31.7 Å². The van der Waals surface area contributed by atoms with Crippen molar-refractivity contribution in [3.05, 3.63) is 42.1 Å². The van der Waals surface area contributed by atoms with Gasteiger partial charge in [0.25, 0.3) is 0 Å². The average molecular weight is 241 g/mol. The molecule has 0 spiro atoms. The molecule has 1 atom stereocenters.